The number of carbonyl (C=O) groups is 5. The minimum Gasteiger partial charge on any atom is -0.480 e. The molecule has 1 saturated heterocycles. The highest BCUT2D eigenvalue weighted by Crippen LogP contribution is 2.40. The van der Waals surface area contributed by atoms with Crippen molar-refractivity contribution in [3.63, 3.8) is 0 Å². The molecule has 2 unspecified atom stereocenters. The maximum absolute atomic E-state index is 12.4. The number of fused-ring (bicyclic) bond motifs is 1. The Morgan fingerprint density at radius 3 is 2.47 bits per heavy atom. The largest absolute Gasteiger partial charge is 0.480 e. The molecule has 12 nitrogen and oxygen atoms in total. The number of aliphatic hydroxyl groups excluding tert-OH is 1. The van der Waals surface area contributed by atoms with Gasteiger partial charge in [-0.1, -0.05) is 18.2 Å². The number of para-hydroxylation sites is 1. The van der Waals surface area contributed by atoms with Crippen LogP contribution in [0.25, 0.3) is 0 Å². The van der Waals surface area contributed by atoms with Crippen LogP contribution >= 0.6 is 11.8 Å². The molecule has 182 valence electrons. The Bertz CT molecular complexity index is 1020. The van der Waals surface area contributed by atoms with Crippen LogP contribution in [0.3, 0.4) is 0 Å². The van der Waals surface area contributed by atoms with Crippen molar-refractivity contribution in [2.75, 3.05) is 17.7 Å². The maximum Gasteiger partial charge on any atom is 0.352 e. The first kappa shape index (κ1) is 25.1. The molecule has 3 atom stereocenters. The highest BCUT2D eigenvalue weighted by Gasteiger charge is 2.54. The standard InChI is InChI=1S/C21H24N4O8S/c26-9-11-10-34-18-15(17(28)25(18)16(11)20(31)32)24-14(27)8-4-7-13(19(29)30)23-21(33)22-12-5-2-1-3-6-12/h1-3,5-6,13,15,18,26H,4,7-10H2,(H,24,27)(H,29,30)(H,31,32)(H2,22,23,33)/t13?,15?,18-/m0/s1. The second-order valence-electron chi connectivity index (χ2n) is 7.62. The van der Waals surface area contributed by atoms with Gasteiger partial charge in [-0.05, 0) is 30.5 Å². The number of carboxylic acid groups (broad SMARTS) is 2. The molecule has 0 aromatic heterocycles. The van der Waals surface area contributed by atoms with Crippen LogP contribution in [-0.2, 0) is 19.2 Å². The number of nitrogens with zero attached hydrogens (tertiary/aromatic N) is 1. The van der Waals surface area contributed by atoms with Crippen molar-refractivity contribution >= 4 is 47.2 Å². The second kappa shape index (κ2) is 11.0. The van der Waals surface area contributed by atoms with Crippen LogP contribution in [0.1, 0.15) is 19.3 Å². The van der Waals surface area contributed by atoms with E-state index in [4.69, 9.17) is 0 Å². The molecule has 0 saturated carbocycles. The summed E-state index contributed by atoms with van der Waals surface area (Å²) in [7, 11) is 0. The number of hydrogen-bond acceptors (Lipinski definition) is 7. The van der Waals surface area contributed by atoms with Gasteiger partial charge in [-0.2, -0.15) is 0 Å². The number of benzene rings is 1. The van der Waals surface area contributed by atoms with Crippen molar-refractivity contribution < 1.29 is 39.3 Å². The van der Waals surface area contributed by atoms with E-state index in [0.29, 0.717) is 5.69 Å². The highest BCUT2D eigenvalue weighted by molar-refractivity contribution is 8.00. The number of hydrogen-bond donors (Lipinski definition) is 6. The van der Waals surface area contributed by atoms with E-state index in [1.807, 2.05) is 0 Å². The molecule has 3 rings (SSSR count). The number of amides is 4. The molecule has 1 aromatic carbocycles. The summed E-state index contributed by atoms with van der Waals surface area (Å²) in [6.45, 7) is -0.482. The summed E-state index contributed by atoms with van der Waals surface area (Å²) in [5, 5.41) is 34.9. The van der Waals surface area contributed by atoms with Crippen molar-refractivity contribution in [3.8, 4) is 0 Å². The average molecular weight is 493 g/mol. The van der Waals surface area contributed by atoms with Crippen LogP contribution in [0.15, 0.2) is 41.6 Å². The Hall–Kier alpha value is -3.58. The third-order valence-electron chi connectivity index (χ3n) is 5.29. The summed E-state index contributed by atoms with van der Waals surface area (Å²) in [4.78, 5) is 60.8. The van der Waals surface area contributed by atoms with E-state index in [1.54, 1.807) is 30.3 Å². The van der Waals surface area contributed by atoms with Gasteiger partial charge in [-0.15, -0.1) is 11.8 Å². The first-order valence-corrected chi connectivity index (χ1v) is 11.4. The number of rotatable bonds is 10. The van der Waals surface area contributed by atoms with Crippen LogP contribution in [-0.4, -0.2) is 79.8 Å². The number of nitrogens with one attached hydrogen (secondary N) is 3. The zero-order valence-corrected chi connectivity index (χ0v) is 18.7. The summed E-state index contributed by atoms with van der Waals surface area (Å²) in [5.74, 6) is -3.44. The van der Waals surface area contributed by atoms with Gasteiger partial charge in [0.05, 0.1) is 6.61 Å². The molecule has 0 aliphatic carbocycles. The van der Waals surface area contributed by atoms with E-state index in [9.17, 15) is 39.3 Å². The van der Waals surface area contributed by atoms with Crippen molar-refractivity contribution in [1.29, 1.82) is 0 Å². The molecule has 1 fully saturated rings. The SMILES string of the molecule is O=C(CCCC(NC(=O)Nc1ccccc1)C(=O)O)NC1C(=O)N2C(C(=O)O)=C(CO)CS[C@@H]12. The van der Waals surface area contributed by atoms with E-state index in [1.165, 1.54) is 11.8 Å². The fourth-order valence-corrected chi connectivity index (χ4v) is 4.96. The van der Waals surface area contributed by atoms with Gasteiger partial charge in [0.15, 0.2) is 0 Å². The van der Waals surface area contributed by atoms with Crippen LogP contribution in [0.5, 0.6) is 0 Å². The molecular formula is C21H24N4O8S. The third-order valence-corrected chi connectivity index (χ3v) is 6.63. The van der Waals surface area contributed by atoms with E-state index in [2.05, 4.69) is 16.0 Å². The maximum atomic E-state index is 12.4. The summed E-state index contributed by atoms with van der Waals surface area (Å²) < 4.78 is 0. The van der Waals surface area contributed by atoms with Gasteiger partial charge in [-0.25, -0.2) is 14.4 Å². The van der Waals surface area contributed by atoms with Gasteiger partial charge in [0.2, 0.25) is 5.91 Å². The third kappa shape index (κ3) is 5.66. The van der Waals surface area contributed by atoms with E-state index in [0.717, 1.165) is 4.90 Å². The first-order valence-electron chi connectivity index (χ1n) is 10.4. The van der Waals surface area contributed by atoms with E-state index in [-0.39, 0.29) is 36.3 Å². The Morgan fingerprint density at radius 1 is 1.15 bits per heavy atom. The number of thioether (sulfide) groups is 1. The number of aliphatic carboxylic acids is 2. The fourth-order valence-electron chi connectivity index (χ4n) is 3.62. The van der Waals surface area contributed by atoms with Crippen LogP contribution in [0.2, 0.25) is 0 Å². The molecule has 2 aliphatic rings. The molecule has 0 spiro atoms. The Kier molecular flexibility index (Phi) is 8.12. The molecule has 34 heavy (non-hydrogen) atoms. The number of carboxylic acids is 2. The highest BCUT2D eigenvalue weighted by atomic mass is 32.2. The van der Waals surface area contributed by atoms with Gasteiger partial charge in [0.25, 0.3) is 5.91 Å². The molecule has 0 bridgehead atoms. The molecule has 1 aromatic rings. The molecule has 4 amide bonds. The van der Waals surface area contributed by atoms with E-state index < -0.39 is 53.8 Å². The van der Waals surface area contributed by atoms with Crippen molar-refractivity contribution in [1.82, 2.24) is 15.5 Å². The molecule has 13 heteroatoms. The normalized spacial score (nSPS) is 20.0. The van der Waals surface area contributed by atoms with Gasteiger partial charge in [0.1, 0.15) is 23.2 Å². The number of urea groups is 1. The molecular weight excluding hydrogens is 468 g/mol. The minimum absolute atomic E-state index is 0.0142. The predicted molar refractivity (Wildman–Crippen MR) is 121 cm³/mol. The zero-order valence-electron chi connectivity index (χ0n) is 17.9. The Labute approximate surface area is 198 Å². The second-order valence-corrected chi connectivity index (χ2v) is 8.72. The lowest BCUT2D eigenvalue weighted by molar-refractivity contribution is -0.150. The van der Waals surface area contributed by atoms with Crippen LogP contribution in [0, 0.1) is 0 Å². The smallest absolute Gasteiger partial charge is 0.352 e. The van der Waals surface area contributed by atoms with Crippen LogP contribution in [0.4, 0.5) is 10.5 Å². The summed E-state index contributed by atoms with van der Waals surface area (Å²) in [6, 6.07) is 5.67. The predicted octanol–water partition coefficient (Wildman–Crippen LogP) is 0.163. The molecule has 0 radical (unpaired) electrons. The monoisotopic (exact) mass is 492 g/mol. The quantitative estimate of drug-likeness (QED) is 0.248. The van der Waals surface area contributed by atoms with E-state index >= 15 is 0 Å². The summed E-state index contributed by atoms with van der Waals surface area (Å²) in [6.07, 6.45) is 0.0296. The molecule has 2 aliphatic heterocycles. The van der Waals surface area contributed by atoms with Crippen molar-refractivity contribution in [3.05, 3.63) is 41.6 Å². The zero-order chi connectivity index (χ0) is 24.8. The Morgan fingerprint density at radius 2 is 1.85 bits per heavy atom. The van der Waals surface area contributed by atoms with Gasteiger partial charge < -0.3 is 31.3 Å². The van der Waals surface area contributed by atoms with Gasteiger partial charge in [0, 0.05) is 17.9 Å². The average Bonchev–Trinajstić information content (AvgIpc) is 2.81. The number of carbonyl (C=O) groups excluding carboxylic acids is 3. The summed E-state index contributed by atoms with van der Waals surface area (Å²) in [5.41, 5.74) is 0.469. The van der Waals surface area contributed by atoms with Crippen molar-refractivity contribution in [2.45, 2.75) is 36.7 Å². The number of aliphatic hydroxyl groups is 1. The molecule has 2 heterocycles. The number of β-lactam (4-membered cyclic amide) rings is 1. The topological polar surface area (TPSA) is 185 Å². The first-order chi connectivity index (χ1) is 16.2. The van der Waals surface area contributed by atoms with Gasteiger partial charge in [-0.3, -0.25) is 14.5 Å². The van der Waals surface area contributed by atoms with Crippen LogP contribution < -0.4 is 16.0 Å². The summed E-state index contributed by atoms with van der Waals surface area (Å²) >= 11 is 1.24. The van der Waals surface area contributed by atoms with Gasteiger partial charge >= 0.3 is 18.0 Å². The lowest BCUT2D eigenvalue weighted by Gasteiger charge is -2.49. The minimum atomic E-state index is -1.32. The van der Waals surface area contributed by atoms with Crippen molar-refractivity contribution in [2.24, 2.45) is 0 Å². The lowest BCUT2D eigenvalue weighted by Crippen LogP contribution is -2.70. The lowest BCUT2D eigenvalue weighted by atomic mass is 10.0. The molecule has 6 N–H and O–H groups in total. The Balaban J connectivity index is 1.47. The fraction of sp³-hybridized carbons (Fsp3) is 0.381. The number of anilines is 1.